The van der Waals surface area contributed by atoms with Gasteiger partial charge >= 0.3 is 17.9 Å². The monoisotopic (exact) mass is 1440 g/mol. The zero-order chi connectivity index (χ0) is 71.8. The molecule has 578 valence electrons. The van der Waals surface area contributed by atoms with Crippen molar-refractivity contribution in [1.82, 2.24) is 15.5 Å². The topological polar surface area (TPSA) is 166 Å². The van der Waals surface area contributed by atoms with E-state index in [1.807, 2.05) is 0 Å². The minimum Gasteiger partial charge on any atom is -0.465 e. The molecule has 97 heavy (non-hydrogen) atoms. The van der Waals surface area contributed by atoms with Crippen molar-refractivity contribution in [3.8, 4) is 0 Å². The molecule has 2 amide bonds. The van der Waals surface area contributed by atoms with E-state index in [1.165, 1.54) is 257 Å². The van der Waals surface area contributed by atoms with Crippen LogP contribution in [0.2, 0.25) is 0 Å². The number of nitrogens with one attached hydrogen (secondary N) is 2. The first-order chi connectivity index (χ1) is 47.4. The van der Waals surface area contributed by atoms with Crippen LogP contribution in [0.5, 0.6) is 0 Å². The molecule has 0 aromatic carbocycles. The van der Waals surface area contributed by atoms with E-state index >= 15 is 0 Å². The summed E-state index contributed by atoms with van der Waals surface area (Å²) in [6.07, 6.45) is 66.1. The number of nitrogens with two attached hydrogens (primary N) is 1. The Morgan fingerprint density at radius 3 is 0.856 bits per heavy atom. The van der Waals surface area contributed by atoms with Gasteiger partial charge in [-0.05, 0) is 160 Å². The van der Waals surface area contributed by atoms with E-state index in [-0.39, 0.29) is 29.7 Å². The number of hydrogen-bond donors (Lipinski definition) is 3. The van der Waals surface area contributed by atoms with Crippen LogP contribution in [0.15, 0.2) is 0 Å². The molecule has 0 bridgehead atoms. The largest absolute Gasteiger partial charge is 0.465 e. The summed E-state index contributed by atoms with van der Waals surface area (Å²) < 4.78 is 17.0. The standard InChI is InChI=1S/C52H102N2O5.C20H39BrO2.C12H26N2O/c1-6-11-16-21-28-39-50(55)53-42-31-34-45-54(43-32-24-19-22-29-40-51(56)58-46-48(35-14-9-4)37-26-17-12-7-2)44-33-25-20-23-30-41-52(57)59-47-49(36-15-10-5)38-27-18-13-8-3;1-3-5-7-11-15-19(14-6-4-2)18-23-20(22)16-12-9-8-10-13-17-21;1-2-3-4-5-6-9-12(15)14-11-8-7-10-13/h48-49H,6-47H2,1-5H3,(H,53,55);19H,3-18H2,1-2H3;2-11,13H2,1H3,(H,14,15). The second-order valence-corrected chi connectivity index (χ2v) is 29.7. The number of carbonyl (C=O) groups is 5. The predicted molar refractivity (Wildman–Crippen MR) is 422 cm³/mol. The highest BCUT2D eigenvalue weighted by atomic mass is 79.9. The number of ether oxygens (including phenoxy) is 3. The third-order valence-electron chi connectivity index (χ3n) is 19.2. The first kappa shape index (κ1) is 98.9. The van der Waals surface area contributed by atoms with Crippen molar-refractivity contribution in [1.29, 1.82) is 0 Å². The molecule has 3 atom stereocenters. The zero-order valence-corrected chi connectivity index (χ0v) is 67.6. The maximum absolute atomic E-state index is 12.5. The number of esters is 3. The Balaban J connectivity index is -0.00000187. The van der Waals surface area contributed by atoms with E-state index in [0.29, 0.717) is 76.2 Å². The van der Waals surface area contributed by atoms with Crippen LogP contribution in [0.1, 0.15) is 428 Å². The van der Waals surface area contributed by atoms with Gasteiger partial charge < -0.3 is 35.5 Å². The Morgan fingerprint density at radius 1 is 0.299 bits per heavy atom. The van der Waals surface area contributed by atoms with Gasteiger partial charge in [-0.1, -0.05) is 296 Å². The van der Waals surface area contributed by atoms with Gasteiger partial charge in [-0.25, -0.2) is 0 Å². The lowest BCUT2D eigenvalue weighted by Gasteiger charge is -2.22. The number of amides is 2. The van der Waals surface area contributed by atoms with Gasteiger partial charge in [0.15, 0.2) is 0 Å². The average molecular weight is 1440 g/mol. The molecule has 0 heterocycles. The third-order valence-corrected chi connectivity index (χ3v) is 19.7. The van der Waals surface area contributed by atoms with E-state index in [4.69, 9.17) is 19.9 Å². The summed E-state index contributed by atoms with van der Waals surface area (Å²) in [5.74, 6) is 2.05. The highest BCUT2D eigenvalue weighted by molar-refractivity contribution is 9.09. The lowest BCUT2D eigenvalue weighted by atomic mass is 9.96. The normalized spacial score (nSPS) is 12.1. The van der Waals surface area contributed by atoms with Crippen LogP contribution in [-0.2, 0) is 38.2 Å². The Kier molecular flexibility index (Phi) is 86.1. The second-order valence-electron chi connectivity index (χ2n) is 28.9. The van der Waals surface area contributed by atoms with Crippen molar-refractivity contribution in [3.05, 3.63) is 0 Å². The van der Waals surface area contributed by atoms with E-state index in [9.17, 15) is 24.0 Å². The smallest absolute Gasteiger partial charge is 0.305 e. The van der Waals surface area contributed by atoms with Crippen LogP contribution in [-0.4, -0.2) is 99.0 Å². The highest BCUT2D eigenvalue weighted by Crippen LogP contribution is 2.22. The fourth-order valence-electron chi connectivity index (χ4n) is 12.5. The van der Waals surface area contributed by atoms with Crippen molar-refractivity contribution >= 4 is 45.7 Å². The molecular formula is C84H167BrN4O8. The number of rotatable bonds is 74. The molecule has 0 radical (unpaired) electrons. The van der Waals surface area contributed by atoms with E-state index in [1.54, 1.807) is 0 Å². The second kappa shape index (κ2) is 84.4. The molecular weight excluding hydrogens is 1270 g/mol. The predicted octanol–water partition coefficient (Wildman–Crippen LogP) is 24.1. The molecule has 0 aliphatic rings. The lowest BCUT2D eigenvalue weighted by molar-refractivity contribution is -0.146. The minimum absolute atomic E-state index is 0.00577. The molecule has 0 spiro atoms. The zero-order valence-electron chi connectivity index (χ0n) is 66.0. The van der Waals surface area contributed by atoms with Gasteiger partial charge in [0, 0.05) is 50.5 Å². The van der Waals surface area contributed by atoms with Crippen molar-refractivity contribution < 1.29 is 38.2 Å². The average Bonchev–Trinajstić information content (AvgIpc) is 3.81. The molecule has 12 nitrogen and oxygen atoms in total. The summed E-state index contributed by atoms with van der Waals surface area (Å²) in [6.45, 7) is 25.4. The van der Waals surface area contributed by atoms with Crippen LogP contribution in [0.25, 0.3) is 0 Å². The van der Waals surface area contributed by atoms with Gasteiger partial charge in [-0.3, -0.25) is 24.0 Å². The van der Waals surface area contributed by atoms with Crippen LogP contribution >= 0.6 is 15.9 Å². The number of hydrogen-bond acceptors (Lipinski definition) is 10. The summed E-state index contributed by atoms with van der Waals surface area (Å²) in [5.41, 5.74) is 5.36. The van der Waals surface area contributed by atoms with Crippen LogP contribution in [0.4, 0.5) is 0 Å². The molecule has 0 saturated carbocycles. The summed E-state index contributed by atoms with van der Waals surface area (Å²) in [4.78, 5) is 63.1. The van der Waals surface area contributed by atoms with Crippen LogP contribution in [0.3, 0.4) is 0 Å². The van der Waals surface area contributed by atoms with Gasteiger partial charge in [0.05, 0.1) is 19.8 Å². The third kappa shape index (κ3) is 80.9. The Morgan fingerprint density at radius 2 is 0.546 bits per heavy atom. The maximum atomic E-state index is 12.5. The molecule has 0 aromatic rings. The summed E-state index contributed by atoms with van der Waals surface area (Å²) in [5, 5.41) is 7.15. The van der Waals surface area contributed by atoms with Crippen molar-refractivity contribution in [3.63, 3.8) is 0 Å². The molecule has 0 fully saturated rings. The van der Waals surface area contributed by atoms with Crippen LogP contribution in [0, 0.1) is 17.8 Å². The summed E-state index contributed by atoms with van der Waals surface area (Å²) in [7, 11) is 0. The number of carbonyl (C=O) groups excluding carboxylic acids is 5. The first-order valence-corrected chi connectivity index (χ1v) is 43.6. The maximum Gasteiger partial charge on any atom is 0.305 e. The highest BCUT2D eigenvalue weighted by Gasteiger charge is 2.16. The first-order valence-electron chi connectivity index (χ1n) is 42.4. The van der Waals surface area contributed by atoms with E-state index in [2.05, 4.69) is 86.9 Å². The van der Waals surface area contributed by atoms with Gasteiger partial charge in [0.2, 0.25) is 11.8 Å². The molecule has 0 aromatic heterocycles. The quantitative estimate of drug-likeness (QED) is 0.0231. The van der Waals surface area contributed by atoms with Crippen molar-refractivity contribution in [2.24, 2.45) is 23.5 Å². The minimum atomic E-state index is -0.00577. The van der Waals surface area contributed by atoms with Gasteiger partial charge in [-0.2, -0.15) is 0 Å². The lowest BCUT2D eigenvalue weighted by Crippen LogP contribution is -2.29. The number of unbranched alkanes of at least 4 members (excludes halogenated alkanes) is 34. The Labute approximate surface area is 611 Å². The Bertz CT molecular complexity index is 1570. The molecule has 3 unspecified atom stereocenters. The van der Waals surface area contributed by atoms with E-state index in [0.717, 1.165) is 122 Å². The van der Waals surface area contributed by atoms with E-state index < -0.39 is 0 Å². The number of nitrogens with zero attached hydrogens (tertiary/aromatic N) is 1. The van der Waals surface area contributed by atoms with Gasteiger partial charge in [0.1, 0.15) is 0 Å². The number of alkyl halides is 1. The molecule has 0 rings (SSSR count). The van der Waals surface area contributed by atoms with Crippen molar-refractivity contribution in [2.45, 2.75) is 428 Å². The fourth-order valence-corrected chi connectivity index (χ4v) is 12.9. The van der Waals surface area contributed by atoms with Crippen molar-refractivity contribution in [2.75, 3.05) is 64.4 Å². The molecule has 0 saturated heterocycles. The van der Waals surface area contributed by atoms with Gasteiger partial charge in [-0.15, -0.1) is 0 Å². The fraction of sp³-hybridized carbons (Fsp3) is 0.940. The summed E-state index contributed by atoms with van der Waals surface area (Å²) >= 11 is 3.45. The summed E-state index contributed by atoms with van der Waals surface area (Å²) in [6, 6.07) is 0. The molecule has 13 heteroatoms. The van der Waals surface area contributed by atoms with Gasteiger partial charge in [0.25, 0.3) is 0 Å². The SMILES string of the molecule is CCCCCCC(CCCC)COC(=O)CCCCCCCBr.CCCCCCCC(=O)NCCCCN.CCCCCCCC(=O)NCCCCN(CCCCCCCC(=O)OCC(CCCC)CCCCCC)CCCCCCCC(=O)OCC(CCCC)CCCCCC. The molecule has 0 aliphatic carbocycles. The molecule has 0 aliphatic heterocycles. The Hall–Kier alpha value is -2.25. The molecule has 4 N–H and O–H groups in total. The van der Waals surface area contributed by atoms with Crippen LogP contribution < -0.4 is 16.4 Å². The number of halogens is 1.